The maximum absolute atomic E-state index is 4.64. The second-order valence-electron chi connectivity index (χ2n) is 5.64. The molecule has 0 amide bonds. The van der Waals surface area contributed by atoms with Crippen molar-refractivity contribution < 1.29 is 0 Å². The molecular formula is C16H20BrN5. The van der Waals surface area contributed by atoms with Gasteiger partial charge in [0.15, 0.2) is 0 Å². The van der Waals surface area contributed by atoms with E-state index in [0.29, 0.717) is 5.95 Å². The third kappa shape index (κ3) is 3.56. The minimum absolute atomic E-state index is 0.626. The number of rotatable bonds is 3. The van der Waals surface area contributed by atoms with Gasteiger partial charge in [0.2, 0.25) is 5.95 Å². The Kier molecular flexibility index (Phi) is 4.59. The van der Waals surface area contributed by atoms with Gasteiger partial charge in [0.25, 0.3) is 0 Å². The third-order valence-electron chi connectivity index (χ3n) is 3.84. The molecule has 5 nitrogen and oxygen atoms in total. The topological polar surface area (TPSA) is 44.3 Å². The van der Waals surface area contributed by atoms with Crippen LogP contribution in [0, 0.1) is 6.92 Å². The van der Waals surface area contributed by atoms with Gasteiger partial charge >= 0.3 is 0 Å². The molecule has 0 atom stereocenters. The van der Waals surface area contributed by atoms with Crippen molar-refractivity contribution in [1.82, 2.24) is 14.9 Å². The second-order valence-corrected chi connectivity index (χ2v) is 6.49. The highest BCUT2D eigenvalue weighted by atomic mass is 79.9. The van der Waals surface area contributed by atoms with Gasteiger partial charge in [-0.1, -0.05) is 6.07 Å². The predicted molar refractivity (Wildman–Crippen MR) is 93.9 cm³/mol. The molecule has 1 fully saturated rings. The summed E-state index contributed by atoms with van der Waals surface area (Å²) in [7, 11) is 2.15. The van der Waals surface area contributed by atoms with Gasteiger partial charge in [-0.25, -0.2) is 4.98 Å². The van der Waals surface area contributed by atoms with E-state index < -0.39 is 0 Å². The zero-order valence-corrected chi connectivity index (χ0v) is 14.5. The number of halogens is 1. The molecule has 0 spiro atoms. The zero-order valence-electron chi connectivity index (χ0n) is 12.9. The summed E-state index contributed by atoms with van der Waals surface area (Å²) in [6.45, 7) is 6.20. The summed E-state index contributed by atoms with van der Waals surface area (Å²) in [6.07, 6.45) is 1.81. The quantitative estimate of drug-likeness (QED) is 0.909. The molecule has 3 rings (SSSR count). The normalized spacial score (nSPS) is 15.9. The van der Waals surface area contributed by atoms with Crippen LogP contribution in [-0.2, 0) is 0 Å². The Morgan fingerprint density at radius 2 is 1.91 bits per heavy atom. The molecule has 1 saturated heterocycles. The highest BCUT2D eigenvalue weighted by Crippen LogP contribution is 2.26. The van der Waals surface area contributed by atoms with Gasteiger partial charge in [-0.3, -0.25) is 0 Å². The smallest absolute Gasteiger partial charge is 0.229 e. The van der Waals surface area contributed by atoms with Crippen molar-refractivity contribution in [2.45, 2.75) is 6.92 Å². The van der Waals surface area contributed by atoms with Crippen LogP contribution in [0.25, 0.3) is 0 Å². The Hall–Kier alpha value is -1.66. The number of aryl methyl sites for hydroxylation is 1. The van der Waals surface area contributed by atoms with Crippen LogP contribution >= 0.6 is 15.9 Å². The Morgan fingerprint density at radius 3 is 2.64 bits per heavy atom. The van der Waals surface area contributed by atoms with Gasteiger partial charge < -0.3 is 15.1 Å². The van der Waals surface area contributed by atoms with Crippen LogP contribution in [0.1, 0.15) is 5.56 Å². The SMILES string of the molecule is Cc1ccc(Nc2nccc(N3CCN(C)CC3)n2)c(Br)c1. The molecule has 6 heteroatoms. The molecule has 0 saturated carbocycles. The number of hydrogen-bond acceptors (Lipinski definition) is 5. The van der Waals surface area contributed by atoms with E-state index in [4.69, 9.17) is 0 Å². The molecule has 22 heavy (non-hydrogen) atoms. The van der Waals surface area contributed by atoms with E-state index in [1.54, 1.807) is 0 Å². The summed E-state index contributed by atoms with van der Waals surface area (Å²) in [6, 6.07) is 8.15. The summed E-state index contributed by atoms with van der Waals surface area (Å²) >= 11 is 3.57. The summed E-state index contributed by atoms with van der Waals surface area (Å²) in [4.78, 5) is 13.6. The first-order chi connectivity index (χ1) is 10.6. The molecule has 0 radical (unpaired) electrons. The zero-order chi connectivity index (χ0) is 15.5. The summed E-state index contributed by atoms with van der Waals surface area (Å²) in [5.41, 5.74) is 2.19. The van der Waals surface area contributed by atoms with Crippen molar-refractivity contribution in [3.8, 4) is 0 Å². The third-order valence-corrected chi connectivity index (χ3v) is 4.50. The average Bonchev–Trinajstić information content (AvgIpc) is 2.51. The van der Waals surface area contributed by atoms with Crippen molar-refractivity contribution in [3.63, 3.8) is 0 Å². The van der Waals surface area contributed by atoms with E-state index in [1.165, 1.54) is 5.56 Å². The van der Waals surface area contributed by atoms with Crippen LogP contribution in [-0.4, -0.2) is 48.1 Å². The first-order valence-corrected chi connectivity index (χ1v) is 8.21. The van der Waals surface area contributed by atoms with Gasteiger partial charge in [0, 0.05) is 36.8 Å². The molecule has 2 aromatic rings. The fraction of sp³-hybridized carbons (Fsp3) is 0.375. The van der Waals surface area contributed by atoms with E-state index in [0.717, 1.165) is 42.2 Å². The number of hydrogen-bond donors (Lipinski definition) is 1. The number of nitrogens with one attached hydrogen (secondary N) is 1. The maximum atomic E-state index is 4.64. The monoisotopic (exact) mass is 361 g/mol. The van der Waals surface area contributed by atoms with Gasteiger partial charge in [-0.2, -0.15) is 4.98 Å². The molecule has 1 aliphatic rings. The van der Waals surface area contributed by atoms with Gasteiger partial charge in [-0.05, 0) is 53.7 Å². The molecule has 116 valence electrons. The van der Waals surface area contributed by atoms with Gasteiger partial charge in [0.1, 0.15) is 5.82 Å². The van der Waals surface area contributed by atoms with Crippen molar-refractivity contribution in [2.24, 2.45) is 0 Å². The average molecular weight is 362 g/mol. The van der Waals surface area contributed by atoms with Crippen molar-refractivity contribution in [1.29, 1.82) is 0 Å². The van der Waals surface area contributed by atoms with Crippen molar-refractivity contribution in [3.05, 3.63) is 40.5 Å². The Labute approximate surface area is 139 Å². The van der Waals surface area contributed by atoms with Gasteiger partial charge in [0.05, 0.1) is 5.69 Å². The van der Waals surface area contributed by atoms with E-state index in [1.807, 2.05) is 18.3 Å². The standard InChI is InChI=1S/C16H20BrN5/c1-12-3-4-14(13(17)11-12)19-16-18-6-5-15(20-16)22-9-7-21(2)8-10-22/h3-6,11H,7-10H2,1-2H3,(H,18,19,20). The molecule has 1 aromatic heterocycles. The molecule has 1 N–H and O–H groups in total. The second kappa shape index (κ2) is 6.62. The Bertz CT molecular complexity index is 653. The number of nitrogens with zero attached hydrogens (tertiary/aromatic N) is 4. The fourth-order valence-electron chi connectivity index (χ4n) is 2.46. The van der Waals surface area contributed by atoms with E-state index in [2.05, 4.69) is 67.1 Å². The van der Waals surface area contributed by atoms with Crippen LogP contribution in [0.5, 0.6) is 0 Å². The highest BCUT2D eigenvalue weighted by Gasteiger charge is 2.15. The molecule has 2 heterocycles. The van der Waals surface area contributed by atoms with Crippen molar-refractivity contribution in [2.75, 3.05) is 43.4 Å². The van der Waals surface area contributed by atoms with Crippen molar-refractivity contribution >= 4 is 33.4 Å². The first kappa shape index (κ1) is 15.2. The lowest BCUT2D eigenvalue weighted by Crippen LogP contribution is -2.44. The summed E-state index contributed by atoms with van der Waals surface area (Å²) in [5, 5.41) is 3.28. The fourth-order valence-corrected chi connectivity index (χ4v) is 3.06. The molecular weight excluding hydrogens is 342 g/mol. The number of benzene rings is 1. The Morgan fingerprint density at radius 1 is 1.14 bits per heavy atom. The number of anilines is 3. The maximum Gasteiger partial charge on any atom is 0.229 e. The van der Waals surface area contributed by atoms with E-state index in [9.17, 15) is 0 Å². The van der Waals surface area contributed by atoms with Crippen LogP contribution in [0.3, 0.4) is 0 Å². The molecule has 0 bridgehead atoms. The highest BCUT2D eigenvalue weighted by molar-refractivity contribution is 9.10. The number of aromatic nitrogens is 2. The number of likely N-dealkylation sites (N-methyl/N-ethyl adjacent to an activating group) is 1. The molecule has 0 aliphatic carbocycles. The summed E-state index contributed by atoms with van der Waals surface area (Å²) < 4.78 is 1.01. The lowest BCUT2D eigenvalue weighted by atomic mass is 10.2. The molecule has 1 aromatic carbocycles. The number of piperazine rings is 1. The predicted octanol–water partition coefficient (Wildman–Crippen LogP) is 3.04. The van der Waals surface area contributed by atoms with Crippen LogP contribution in [0.2, 0.25) is 0 Å². The lowest BCUT2D eigenvalue weighted by molar-refractivity contribution is 0.312. The first-order valence-electron chi connectivity index (χ1n) is 7.41. The van der Waals surface area contributed by atoms with Crippen LogP contribution in [0.15, 0.2) is 34.9 Å². The van der Waals surface area contributed by atoms with Gasteiger partial charge in [-0.15, -0.1) is 0 Å². The van der Waals surface area contributed by atoms with E-state index in [-0.39, 0.29) is 0 Å². The summed E-state index contributed by atoms with van der Waals surface area (Å²) in [5.74, 6) is 1.61. The lowest BCUT2D eigenvalue weighted by Gasteiger charge is -2.33. The minimum Gasteiger partial charge on any atom is -0.354 e. The molecule has 1 aliphatic heterocycles. The van der Waals surface area contributed by atoms with Crippen LogP contribution < -0.4 is 10.2 Å². The molecule has 0 unspecified atom stereocenters. The Balaban J connectivity index is 1.76. The van der Waals surface area contributed by atoms with E-state index >= 15 is 0 Å². The van der Waals surface area contributed by atoms with Crippen LogP contribution in [0.4, 0.5) is 17.5 Å². The minimum atomic E-state index is 0.626. The largest absolute Gasteiger partial charge is 0.354 e.